The molecule has 2 aromatic carbocycles. The number of rotatable bonds is 5. The van der Waals surface area contributed by atoms with E-state index >= 15 is 0 Å². The molecule has 0 saturated carbocycles. The number of hydrazine groups is 1. The minimum Gasteiger partial charge on any atom is -0.497 e. The maximum absolute atomic E-state index is 12.8. The standard InChI is InChI=1S/C23H25N5O2/c1-14-5-4-6-19-20(11-15(2)26-21(14)19)23(29)28-25-13-17-12-24-27-22(17)16-7-9-18(30-3)10-8-16/h4-11,13,17,22,24,27H,12H2,1-3H3,(H,28,29)/b25-13+. The molecule has 0 aliphatic carbocycles. The van der Waals surface area contributed by atoms with Gasteiger partial charge in [0.05, 0.1) is 24.2 Å². The van der Waals surface area contributed by atoms with Crippen LogP contribution in [0, 0.1) is 19.8 Å². The van der Waals surface area contributed by atoms with Crippen LogP contribution in [0.3, 0.4) is 0 Å². The number of para-hydroxylation sites is 1. The zero-order valence-corrected chi connectivity index (χ0v) is 17.3. The lowest BCUT2D eigenvalue weighted by Crippen LogP contribution is -2.25. The second kappa shape index (κ2) is 8.61. The van der Waals surface area contributed by atoms with Crippen molar-refractivity contribution < 1.29 is 9.53 Å². The Balaban J connectivity index is 1.49. The van der Waals surface area contributed by atoms with E-state index in [-0.39, 0.29) is 17.9 Å². The number of nitrogens with one attached hydrogen (secondary N) is 3. The Morgan fingerprint density at radius 1 is 1.23 bits per heavy atom. The first-order chi connectivity index (χ1) is 14.6. The normalized spacial score (nSPS) is 18.8. The number of pyridine rings is 1. The Bertz CT molecular complexity index is 1090. The molecule has 2 atom stereocenters. The fourth-order valence-electron chi connectivity index (χ4n) is 3.75. The van der Waals surface area contributed by atoms with Crippen molar-refractivity contribution in [2.24, 2.45) is 11.0 Å². The maximum Gasteiger partial charge on any atom is 0.272 e. The van der Waals surface area contributed by atoms with Crippen LogP contribution < -0.4 is 21.0 Å². The number of ether oxygens (including phenoxy) is 1. The summed E-state index contributed by atoms with van der Waals surface area (Å²) in [7, 11) is 1.65. The van der Waals surface area contributed by atoms with Crippen molar-refractivity contribution in [3.63, 3.8) is 0 Å². The monoisotopic (exact) mass is 403 g/mol. The number of nitrogens with zero attached hydrogens (tertiary/aromatic N) is 2. The van der Waals surface area contributed by atoms with Gasteiger partial charge in [-0.05, 0) is 43.2 Å². The number of methoxy groups -OCH3 is 1. The van der Waals surface area contributed by atoms with Crippen molar-refractivity contribution in [2.75, 3.05) is 13.7 Å². The van der Waals surface area contributed by atoms with E-state index in [9.17, 15) is 4.79 Å². The summed E-state index contributed by atoms with van der Waals surface area (Å²) >= 11 is 0. The molecule has 1 aromatic heterocycles. The van der Waals surface area contributed by atoms with Gasteiger partial charge in [-0.25, -0.2) is 10.9 Å². The highest BCUT2D eigenvalue weighted by Crippen LogP contribution is 2.25. The average molecular weight is 403 g/mol. The summed E-state index contributed by atoms with van der Waals surface area (Å²) in [6.07, 6.45) is 1.78. The van der Waals surface area contributed by atoms with Gasteiger partial charge in [0.15, 0.2) is 0 Å². The molecule has 4 rings (SSSR count). The van der Waals surface area contributed by atoms with E-state index in [1.54, 1.807) is 19.4 Å². The third-order valence-corrected chi connectivity index (χ3v) is 5.34. The van der Waals surface area contributed by atoms with Crippen molar-refractivity contribution in [1.29, 1.82) is 0 Å². The smallest absolute Gasteiger partial charge is 0.272 e. The fourth-order valence-corrected chi connectivity index (χ4v) is 3.75. The first-order valence-electron chi connectivity index (χ1n) is 9.89. The molecule has 1 amide bonds. The molecule has 1 aliphatic heterocycles. The van der Waals surface area contributed by atoms with Gasteiger partial charge in [-0.2, -0.15) is 5.10 Å². The van der Waals surface area contributed by atoms with Crippen LogP contribution in [0.1, 0.15) is 33.2 Å². The zero-order chi connectivity index (χ0) is 21.1. The largest absolute Gasteiger partial charge is 0.497 e. The van der Waals surface area contributed by atoms with E-state index < -0.39 is 0 Å². The zero-order valence-electron chi connectivity index (χ0n) is 17.3. The van der Waals surface area contributed by atoms with Gasteiger partial charge in [0.1, 0.15) is 5.75 Å². The van der Waals surface area contributed by atoms with Gasteiger partial charge in [-0.15, -0.1) is 0 Å². The molecule has 3 aromatic rings. The lowest BCUT2D eigenvalue weighted by Gasteiger charge is -2.15. The summed E-state index contributed by atoms with van der Waals surface area (Å²) in [6, 6.07) is 15.6. The van der Waals surface area contributed by atoms with Crippen molar-refractivity contribution in [3.8, 4) is 5.75 Å². The topological polar surface area (TPSA) is 87.6 Å². The number of hydrogen-bond acceptors (Lipinski definition) is 6. The third-order valence-electron chi connectivity index (χ3n) is 5.34. The van der Waals surface area contributed by atoms with Gasteiger partial charge < -0.3 is 4.74 Å². The van der Waals surface area contributed by atoms with Gasteiger partial charge in [-0.3, -0.25) is 15.2 Å². The number of hydrazone groups is 1. The van der Waals surface area contributed by atoms with Crippen LogP contribution in [0.25, 0.3) is 10.9 Å². The summed E-state index contributed by atoms with van der Waals surface area (Å²) in [6.45, 7) is 4.60. The van der Waals surface area contributed by atoms with E-state index in [4.69, 9.17) is 4.74 Å². The second-order valence-electron chi connectivity index (χ2n) is 7.44. The number of carbonyl (C=O) groups is 1. The Kier molecular flexibility index (Phi) is 5.74. The summed E-state index contributed by atoms with van der Waals surface area (Å²) in [5.74, 6) is 0.668. The molecule has 2 heterocycles. The van der Waals surface area contributed by atoms with Crippen LogP contribution in [-0.2, 0) is 0 Å². The van der Waals surface area contributed by atoms with Gasteiger partial charge in [0.2, 0.25) is 0 Å². The van der Waals surface area contributed by atoms with Crippen LogP contribution in [-0.4, -0.2) is 30.8 Å². The van der Waals surface area contributed by atoms with Crippen molar-refractivity contribution in [1.82, 2.24) is 21.3 Å². The molecule has 1 aliphatic rings. The number of carbonyl (C=O) groups excluding carboxylic acids is 1. The molecule has 1 saturated heterocycles. The molecule has 0 radical (unpaired) electrons. The van der Waals surface area contributed by atoms with Crippen LogP contribution in [0.4, 0.5) is 0 Å². The maximum atomic E-state index is 12.8. The number of amides is 1. The van der Waals surface area contributed by atoms with Crippen LogP contribution in [0.2, 0.25) is 0 Å². The summed E-state index contributed by atoms with van der Waals surface area (Å²) in [5.41, 5.74) is 13.5. The lowest BCUT2D eigenvalue weighted by molar-refractivity contribution is 0.0956. The molecule has 0 bridgehead atoms. The van der Waals surface area contributed by atoms with Gasteiger partial charge >= 0.3 is 0 Å². The Labute approximate surface area is 175 Å². The average Bonchev–Trinajstić information content (AvgIpc) is 3.22. The predicted molar refractivity (Wildman–Crippen MR) is 118 cm³/mol. The minimum absolute atomic E-state index is 0.0585. The highest BCUT2D eigenvalue weighted by Gasteiger charge is 2.27. The molecule has 3 N–H and O–H groups in total. The number of benzene rings is 2. The van der Waals surface area contributed by atoms with E-state index in [0.29, 0.717) is 12.1 Å². The molecule has 30 heavy (non-hydrogen) atoms. The van der Waals surface area contributed by atoms with E-state index in [0.717, 1.165) is 33.5 Å². The van der Waals surface area contributed by atoms with Crippen molar-refractivity contribution in [2.45, 2.75) is 19.9 Å². The van der Waals surface area contributed by atoms with Gasteiger partial charge in [-0.1, -0.05) is 30.3 Å². The van der Waals surface area contributed by atoms with Crippen molar-refractivity contribution >= 4 is 23.0 Å². The Hall–Kier alpha value is -3.29. The van der Waals surface area contributed by atoms with Crippen LogP contribution in [0.15, 0.2) is 53.6 Å². The number of fused-ring (bicyclic) bond motifs is 1. The number of aryl methyl sites for hydroxylation is 2. The SMILES string of the molecule is COc1ccc(C2NNCC2/C=N/NC(=O)c2cc(C)nc3c(C)cccc23)cc1. The van der Waals surface area contributed by atoms with Gasteiger partial charge in [0.25, 0.3) is 5.91 Å². The Morgan fingerprint density at radius 2 is 2.03 bits per heavy atom. The Morgan fingerprint density at radius 3 is 2.80 bits per heavy atom. The summed E-state index contributed by atoms with van der Waals surface area (Å²) in [5, 5.41) is 5.08. The molecule has 7 nitrogen and oxygen atoms in total. The van der Waals surface area contributed by atoms with E-state index in [2.05, 4.69) is 26.4 Å². The van der Waals surface area contributed by atoms with Crippen LogP contribution in [0.5, 0.6) is 5.75 Å². The molecule has 7 heteroatoms. The summed E-state index contributed by atoms with van der Waals surface area (Å²) in [4.78, 5) is 17.4. The van der Waals surface area contributed by atoms with E-state index in [1.165, 1.54) is 0 Å². The molecular formula is C23H25N5O2. The van der Waals surface area contributed by atoms with E-state index in [1.807, 2.05) is 56.3 Å². The minimum atomic E-state index is -0.243. The third kappa shape index (κ3) is 4.03. The highest BCUT2D eigenvalue weighted by atomic mass is 16.5. The second-order valence-corrected chi connectivity index (χ2v) is 7.44. The highest BCUT2D eigenvalue weighted by molar-refractivity contribution is 6.06. The predicted octanol–water partition coefficient (Wildman–Crippen LogP) is 3.04. The number of aromatic nitrogens is 1. The lowest BCUT2D eigenvalue weighted by atomic mass is 9.96. The van der Waals surface area contributed by atoms with Gasteiger partial charge in [0, 0.05) is 29.8 Å². The molecule has 1 fully saturated rings. The quantitative estimate of drug-likeness (QED) is 0.450. The molecule has 154 valence electrons. The molecular weight excluding hydrogens is 378 g/mol. The molecule has 2 unspecified atom stereocenters. The van der Waals surface area contributed by atoms with Crippen molar-refractivity contribution in [3.05, 3.63) is 70.9 Å². The molecule has 0 spiro atoms. The first-order valence-corrected chi connectivity index (χ1v) is 9.89. The first kappa shape index (κ1) is 20.0. The fraction of sp³-hybridized carbons (Fsp3) is 0.261. The number of hydrogen-bond donors (Lipinski definition) is 3. The van der Waals surface area contributed by atoms with Crippen LogP contribution >= 0.6 is 0 Å². The summed E-state index contributed by atoms with van der Waals surface area (Å²) < 4.78 is 5.22.